The largest absolute Gasteiger partial charge is 0.478 e. The third kappa shape index (κ3) is 3.76. The number of carboxylic acid groups (broad SMARTS) is 1. The standard InChI is InChI=1S/C24H25Cl2N3O3/c1-3-14-15(23(31)32)6-4-7-17(14)24(10-5-11-27-13-24)28-22(30)20-12-16-19(29(20)2)9-8-18(25)21(16)26/h4,6-9,12,27H,3,5,10-11,13H2,1-2H3,(H,28,30)(H,31,32). The molecular weight excluding hydrogens is 449 g/mol. The number of amides is 1. The van der Waals surface area contributed by atoms with Crippen molar-refractivity contribution in [2.75, 3.05) is 13.1 Å². The van der Waals surface area contributed by atoms with Crippen LogP contribution in [0.1, 0.15) is 51.7 Å². The fraction of sp³-hybridized carbons (Fsp3) is 0.333. The van der Waals surface area contributed by atoms with Gasteiger partial charge in [0.1, 0.15) is 5.69 Å². The lowest BCUT2D eigenvalue weighted by molar-refractivity contribution is 0.0695. The van der Waals surface area contributed by atoms with E-state index in [1.165, 1.54) is 0 Å². The number of benzene rings is 2. The minimum Gasteiger partial charge on any atom is -0.478 e. The second-order valence-corrected chi connectivity index (χ2v) is 8.97. The third-order valence-corrected chi connectivity index (χ3v) is 7.18. The van der Waals surface area contributed by atoms with Crippen molar-refractivity contribution in [3.05, 3.63) is 68.8 Å². The topological polar surface area (TPSA) is 83.4 Å². The Morgan fingerprint density at radius 3 is 2.69 bits per heavy atom. The summed E-state index contributed by atoms with van der Waals surface area (Å²) in [5.41, 5.74) is 2.42. The molecule has 1 atom stereocenters. The molecule has 2 aromatic carbocycles. The summed E-state index contributed by atoms with van der Waals surface area (Å²) in [5, 5.41) is 17.9. The first kappa shape index (κ1) is 22.6. The van der Waals surface area contributed by atoms with Gasteiger partial charge in [0.25, 0.3) is 5.91 Å². The van der Waals surface area contributed by atoms with Crippen LogP contribution in [0.3, 0.4) is 0 Å². The van der Waals surface area contributed by atoms with Gasteiger partial charge < -0.3 is 20.3 Å². The molecular formula is C24H25Cl2N3O3. The molecule has 1 fully saturated rings. The summed E-state index contributed by atoms with van der Waals surface area (Å²) >= 11 is 12.5. The Morgan fingerprint density at radius 2 is 2.03 bits per heavy atom. The van der Waals surface area contributed by atoms with Gasteiger partial charge in [-0.25, -0.2) is 4.79 Å². The number of nitrogens with zero attached hydrogens (tertiary/aromatic N) is 1. The third-order valence-electron chi connectivity index (χ3n) is 6.36. The number of aryl methyl sites for hydroxylation is 1. The summed E-state index contributed by atoms with van der Waals surface area (Å²) in [6.07, 6.45) is 2.12. The van der Waals surface area contributed by atoms with E-state index in [4.69, 9.17) is 23.2 Å². The second kappa shape index (κ2) is 8.77. The van der Waals surface area contributed by atoms with Crippen LogP contribution in [0.2, 0.25) is 10.0 Å². The first-order chi connectivity index (χ1) is 15.3. The lowest BCUT2D eigenvalue weighted by atomic mass is 9.78. The number of carboxylic acids is 1. The van der Waals surface area contributed by atoms with Crippen LogP contribution in [0, 0.1) is 0 Å². The Balaban J connectivity index is 1.80. The number of hydrogen-bond acceptors (Lipinski definition) is 3. The van der Waals surface area contributed by atoms with E-state index in [-0.39, 0.29) is 11.5 Å². The molecule has 1 aliphatic rings. The van der Waals surface area contributed by atoms with E-state index in [9.17, 15) is 14.7 Å². The minimum atomic E-state index is -0.964. The van der Waals surface area contributed by atoms with Crippen LogP contribution in [0.15, 0.2) is 36.4 Å². The maximum Gasteiger partial charge on any atom is 0.335 e. The molecule has 0 spiro atoms. The summed E-state index contributed by atoms with van der Waals surface area (Å²) in [7, 11) is 1.82. The summed E-state index contributed by atoms with van der Waals surface area (Å²) in [5.74, 6) is -1.21. The van der Waals surface area contributed by atoms with Crippen molar-refractivity contribution in [2.24, 2.45) is 7.05 Å². The van der Waals surface area contributed by atoms with Crippen molar-refractivity contribution >= 4 is 46.0 Å². The molecule has 1 unspecified atom stereocenters. The molecule has 1 aliphatic heterocycles. The van der Waals surface area contributed by atoms with Gasteiger partial charge >= 0.3 is 5.97 Å². The summed E-state index contributed by atoms with van der Waals surface area (Å²) in [6.45, 7) is 3.30. The van der Waals surface area contributed by atoms with E-state index in [0.29, 0.717) is 40.5 Å². The number of carbonyl (C=O) groups excluding carboxylic acids is 1. The van der Waals surface area contributed by atoms with Gasteiger partial charge in [-0.2, -0.15) is 0 Å². The number of rotatable bonds is 5. The molecule has 1 aromatic heterocycles. The normalized spacial score (nSPS) is 18.6. The smallest absolute Gasteiger partial charge is 0.335 e. The fourth-order valence-corrected chi connectivity index (χ4v) is 5.15. The maximum absolute atomic E-state index is 13.5. The monoisotopic (exact) mass is 473 g/mol. The van der Waals surface area contributed by atoms with Crippen molar-refractivity contribution in [1.82, 2.24) is 15.2 Å². The lowest BCUT2D eigenvalue weighted by Crippen LogP contribution is -2.56. The van der Waals surface area contributed by atoms with Crippen LogP contribution >= 0.6 is 23.2 Å². The predicted molar refractivity (Wildman–Crippen MR) is 127 cm³/mol. The van der Waals surface area contributed by atoms with Gasteiger partial charge in [0, 0.05) is 24.5 Å². The number of nitrogens with one attached hydrogen (secondary N) is 2. The van der Waals surface area contributed by atoms with Crippen LogP contribution in [-0.4, -0.2) is 34.6 Å². The number of halogens is 2. The van der Waals surface area contributed by atoms with Crippen LogP contribution in [-0.2, 0) is 19.0 Å². The van der Waals surface area contributed by atoms with Crippen LogP contribution in [0.4, 0.5) is 0 Å². The number of fused-ring (bicyclic) bond motifs is 1. The molecule has 8 heteroatoms. The van der Waals surface area contributed by atoms with E-state index in [0.717, 1.165) is 29.6 Å². The minimum absolute atomic E-state index is 0.248. The Labute approximate surface area is 196 Å². The fourth-order valence-electron chi connectivity index (χ4n) is 4.77. The van der Waals surface area contributed by atoms with E-state index in [2.05, 4.69) is 10.6 Å². The van der Waals surface area contributed by atoms with Crippen molar-refractivity contribution in [3.8, 4) is 0 Å². The predicted octanol–water partition coefficient (Wildman–Crippen LogP) is 4.75. The molecule has 2 heterocycles. The number of hydrogen-bond donors (Lipinski definition) is 3. The average molecular weight is 474 g/mol. The molecule has 3 N–H and O–H groups in total. The van der Waals surface area contributed by atoms with Crippen LogP contribution in [0.25, 0.3) is 10.9 Å². The average Bonchev–Trinajstić information content (AvgIpc) is 3.13. The molecule has 0 bridgehead atoms. The molecule has 1 saturated heterocycles. The SMILES string of the molecule is CCc1c(C(=O)O)cccc1C1(NC(=O)c2cc3c(Cl)c(Cl)ccc3n2C)CCCNC1. The molecule has 6 nitrogen and oxygen atoms in total. The van der Waals surface area contributed by atoms with Gasteiger partial charge in [-0.15, -0.1) is 0 Å². The highest BCUT2D eigenvalue weighted by molar-refractivity contribution is 6.45. The van der Waals surface area contributed by atoms with Crippen molar-refractivity contribution < 1.29 is 14.7 Å². The van der Waals surface area contributed by atoms with E-state index >= 15 is 0 Å². The zero-order valence-electron chi connectivity index (χ0n) is 18.0. The molecule has 4 rings (SSSR count). The highest BCUT2D eigenvalue weighted by Crippen LogP contribution is 2.35. The van der Waals surface area contributed by atoms with Gasteiger partial charge in [-0.3, -0.25) is 4.79 Å². The number of piperidine rings is 1. The Bertz CT molecular complexity index is 1210. The molecule has 0 aliphatic carbocycles. The van der Waals surface area contributed by atoms with Gasteiger partial charge in [0.15, 0.2) is 0 Å². The van der Waals surface area contributed by atoms with E-state index in [1.807, 2.05) is 26.1 Å². The lowest BCUT2D eigenvalue weighted by Gasteiger charge is -2.40. The maximum atomic E-state index is 13.5. The second-order valence-electron chi connectivity index (χ2n) is 8.19. The van der Waals surface area contributed by atoms with Crippen LogP contribution in [0.5, 0.6) is 0 Å². The molecule has 3 aromatic rings. The Morgan fingerprint density at radius 1 is 1.25 bits per heavy atom. The van der Waals surface area contributed by atoms with Crippen LogP contribution < -0.4 is 10.6 Å². The first-order valence-electron chi connectivity index (χ1n) is 10.6. The van der Waals surface area contributed by atoms with Crippen molar-refractivity contribution in [1.29, 1.82) is 0 Å². The van der Waals surface area contributed by atoms with E-state index < -0.39 is 11.5 Å². The molecule has 32 heavy (non-hydrogen) atoms. The first-order valence-corrected chi connectivity index (χ1v) is 11.4. The van der Waals surface area contributed by atoms with E-state index in [1.54, 1.807) is 28.8 Å². The van der Waals surface area contributed by atoms with Gasteiger partial charge in [0.2, 0.25) is 0 Å². The zero-order valence-corrected chi connectivity index (χ0v) is 19.5. The van der Waals surface area contributed by atoms with Gasteiger partial charge in [-0.05, 0) is 61.2 Å². The zero-order chi connectivity index (χ0) is 23.0. The number of aromatic nitrogens is 1. The summed E-state index contributed by atoms with van der Waals surface area (Å²) in [6, 6.07) is 10.6. The Kier molecular flexibility index (Phi) is 6.21. The van der Waals surface area contributed by atoms with Crippen molar-refractivity contribution in [3.63, 3.8) is 0 Å². The summed E-state index contributed by atoms with van der Waals surface area (Å²) < 4.78 is 1.80. The quantitative estimate of drug-likeness (QED) is 0.498. The Hall–Kier alpha value is -2.54. The highest BCUT2D eigenvalue weighted by atomic mass is 35.5. The molecule has 1 amide bonds. The molecule has 0 saturated carbocycles. The van der Waals surface area contributed by atoms with Gasteiger partial charge in [-0.1, -0.05) is 42.3 Å². The molecule has 0 radical (unpaired) electrons. The number of carbonyl (C=O) groups is 2. The molecule has 168 valence electrons. The summed E-state index contributed by atoms with van der Waals surface area (Å²) in [4.78, 5) is 25.4. The highest BCUT2D eigenvalue weighted by Gasteiger charge is 2.38. The van der Waals surface area contributed by atoms with Gasteiger partial charge in [0.05, 0.1) is 21.1 Å². The van der Waals surface area contributed by atoms with Crippen molar-refractivity contribution in [2.45, 2.75) is 31.7 Å². The number of aromatic carboxylic acids is 1.